The summed E-state index contributed by atoms with van der Waals surface area (Å²) in [5.41, 5.74) is 3.95. The first-order valence-electron chi connectivity index (χ1n) is 9.95. The fraction of sp³-hybridized carbons (Fsp3) is 0.391. The van der Waals surface area contributed by atoms with Crippen molar-refractivity contribution >= 4 is 11.6 Å². The number of imidazole rings is 1. The van der Waals surface area contributed by atoms with Crippen LogP contribution in [0.2, 0.25) is 0 Å². The molecule has 0 saturated carbocycles. The predicted molar refractivity (Wildman–Crippen MR) is 114 cm³/mol. The zero-order valence-electron chi connectivity index (χ0n) is 17.8. The van der Waals surface area contributed by atoms with Crippen molar-refractivity contribution in [2.24, 2.45) is 0 Å². The number of aromatic nitrogens is 2. The Balaban J connectivity index is 2.12. The third kappa shape index (κ3) is 4.36. The maximum atomic E-state index is 13.0. The highest BCUT2D eigenvalue weighted by atomic mass is 16.5. The maximum Gasteiger partial charge on any atom is 0.223 e. The summed E-state index contributed by atoms with van der Waals surface area (Å²) in [6.07, 6.45) is 4.22. The van der Waals surface area contributed by atoms with Crippen LogP contribution in [0, 0.1) is 6.92 Å². The van der Waals surface area contributed by atoms with Gasteiger partial charge in [0.2, 0.25) is 5.91 Å². The van der Waals surface area contributed by atoms with Crippen LogP contribution in [-0.4, -0.2) is 47.5 Å². The van der Waals surface area contributed by atoms with Gasteiger partial charge in [0, 0.05) is 43.9 Å². The molecule has 1 aromatic carbocycles. The van der Waals surface area contributed by atoms with Gasteiger partial charge in [0.1, 0.15) is 17.1 Å². The van der Waals surface area contributed by atoms with E-state index in [0.29, 0.717) is 31.0 Å². The quantitative estimate of drug-likeness (QED) is 0.577. The van der Waals surface area contributed by atoms with E-state index in [1.165, 1.54) is 0 Å². The van der Waals surface area contributed by atoms with Gasteiger partial charge in [-0.2, -0.15) is 0 Å². The van der Waals surface area contributed by atoms with Crippen LogP contribution in [-0.2, 0) is 4.79 Å². The van der Waals surface area contributed by atoms with Gasteiger partial charge < -0.3 is 18.8 Å². The van der Waals surface area contributed by atoms with Crippen molar-refractivity contribution in [2.45, 2.75) is 33.1 Å². The Morgan fingerprint density at radius 1 is 1.10 bits per heavy atom. The second kappa shape index (κ2) is 8.99. The summed E-state index contributed by atoms with van der Waals surface area (Å²) in [4.78, 5) is 19.5. The van der Waals surface area contributed by atoms with Crippen molar-refractivity contribution in [3.8, 4) is 11.5 Å². The summed E-state index contributed by atoms with van der Waals surface area (Å²) in [5, 5.41) is 0. The highest BCUT2D eigenvalue weighted by molar-refractivity contribution is 5.77. The van der Waals surface area contributed by atoms with Crippen molar-refractivity contribution in [2.75, 3.05) is 27.3 Å². The van der Waals surface area contributed by atoms with Crippen LogP contribution in [0.5, 0.6) is 11.5 Å². The average Bonchev–Trinajstić information content (AvgIpc) is 3.15. The summed E-state index contributed by atoms with van der Waals surface area (Å²) in [7, 11) is 3.26. The van der Waals surface area contributed by atoms with Gasteiger partial charge in [-0.25, -0.2) is 4.98 Å². The molecule has 154 valence electrons. The van der Waals surface area contributed by atoms with Gasteiger partial charge in [0.25, 0.3) is 0 Å². The molecule has 0 fully saturated rings. The molecule has 6 nitrogen and oxygen atoms in total. The van der Waals surface area contributed by atoms with Gasteiger partial charge >= 0.3 is 0 Å². The summed E-state index contributed by atoms with van der Waals surface area (Å²) in [6, 6.07) is 9.86. The van der Waals surface area contributed by atoms with E-state index >= 15 is 0 Å². The van der Waals surface area contributed by atoms with E-state index in [0.717, 1.165) is 22.5 Å². The molecule has 0 spiro atoms. The SMILES string of the molecule is CCN(CC)C(=O)CC(c1cc(OC)cc(OC)c1)c1cnc2cc(C)ccn12. The molecule has 2 aromatic heterocycles. The van der Waals surface area contributed by atoms with Gasteiger partial charge in [0.05, 0.1) is 19.9 Å². The second-order valence-corrected chi connectivity index (χ2v) is 7.08. The molecule has 0 N–H and O–H groups in total. The monoisotopic (exact) mass is 395 g/mol. The van der Waals surface area contributed by atoms with Crippen LogP contribution in [0.25, 0.3) is 5.65 Å². The lowest BCUT2D eigenvalue weighted by Gasteiger charge is -2.24. The number of benzene rings is 1. The Hall–Kier alpha value is -3.02. The molecule has 1 atom stereocenters. The highest BCUT2D eigenvalue weighted by Gasteiger charge is 2.25. The van der Waals surface area contributed by atoms with Crippen LogP contribution >= 0.6 is 0 Å². The number of aryl methyl sites for hydroxylation is 1. The molecular weight excluding hydrogens is 366 g/mol. The minimum atomic E-state index is -0.176. The largest absolute Gasteiger partial charge is 0.497 e. The third-order valence-corrected chi connectivity index (χ3v) is 5.33. The predicted octanol–water partition coefficient (Wildman–Crippen LogP) is 4.05. The minimum absolute atomic E-state index is 0.115. The van der Waals surface area contributed by atoms with Gasteiger partial charge in [0.15, 0.2) is 0 Å². The number of methoxy groups -OCH3 is 2. The summed E-state index contributed by atoms with van der Waals surface area (Å²) in [6.45, 7) is 7.43. The number of pyridine rings is 1. The highest BCUT2D eigenvalue weighted by Crippen LogP contribution is 2.34. The molecule has 0 aliphatic carbocycles. The first-order valence-corrected chi connectivity index (χ1v) is 9.95. The number of ether oxygens (including phenoxy) is 2. The molecular formula is C23H29N3O3. The standard InChI is InChI=1S/C23H29N3O3/c1-6-25(7-2)23(27)14-20(17-11-18(28-4)13-19(12-17)29-5)21-15-24-22-10-16(3)8-9-26(21)22/h8-13,15,20H,6-7,14H2,1-5H3. The van der Waals surface area contributed by atoms with Gasteiger partial charge in [-0.1, -0.05) is 0 Å². The van der Waals surface area contributed by atoms with Gasteiger partial charge in [-0.05, 0) is 56.2 Å². The number of rotatable bonds is 8. The Bertz CT molecular complexity index is 970. The van der Waals surface area contributed by atoms with Crippen LogP contribution in [0.1, 0.15) is 43.0 Å². The number of fused-ring (bicyclic) bond motifs is 1. The van der Waals surface area contributed by atoms with Crippen LogP contribution < -0.4 is 9.47 Å². The summed E-state index contributed by atoms with van der Waals surface area (Å²) >= 11 is 0. The molecule has 0 aliphatic rings. The second-order valence-electron chi connectivity index (χ2n) is 7.08. The van der Waals surface area contributed by atoms with Crippen molar-refractivity contribution in [3.05, 3.63) is 59.5 Å². The number of carbonyl (C=O) groups is 1. The Labute approximate surface area is 172 Å². The Morgan fingerprint density at radius 2 is 1.76 bits per heavy atom. The lowest BCUT2D eigenvalue weighted by atomic mass is 9.91. The molecule has 3 aromatic rings. The number of nitrogens with zero attached hydrogens (tertiary/aromatic N) is 3. The van der Waals surface area contributed by atoms with Gasteiger partial charge in [-0.3, -0.25) is 4.79 Å². The van der Waals surface area contributed by atoms with Crippen molar-refractivity contribution in [3.63, 3.8) is 0 Å². The fourth-order valence-electron chi connectivity index (χ4n) is 3.66. The van der Waals surface area contributed by atoms with E-state index in [1.54, 1.807) is 14.2 Å². The first-order chi connectivity index (χ1) is 14.0. The molecule has 0 aliphatic heterocycles. The molecule has 0 radical (unpaired) electrons. The molecule has 0 saturated heterocycles. The van der Waals surface area contributed by atoms with E-state index in [4.69, 9.17) is 9.47 Å². The zero-order chi connectivity index (χ0) is 21.0. The topological polar surface area (TPSA) is 56.1 Å². The van der Waals surface area contributed by atoms with Crippen LogP contribution in [0.3, 0.4) is 0 Å². The van der Waals surface area contributed by atoms with E-state index in [2.05, 4.69) is 9.38 Å². The Morgan fingerprint density at radius 3 is 2.34 bits per heavy atom. The third-order valence-electron chi connectivity index (χ3n) is 5.33. The number of carbonyl (C=O) groups excluding carboxylic acids is 1. The lowest BCUT2D eigenvalue weighted by Crippen LogP contribution is -2.31. The van der Waals surface area contributed by atoms with Crippen LogP contribution in [0.15, 0.2) is 42.7 Å². The number of hydrogen-bond donors (Lipinski definition) is 0. The fourth-order valence-corrected chi connectivity index (χ4v) is 3.66. The average molecular weight is 396 g/mol. The Kier molecular flexibility index (Phi) is 6.42. The molecule has 3 rings (SSSR count). The van der Waals surface area contributed by atoms with E-state index < -0.39 is 0 Å². The smallest absolute Gasteiger partial charge is 0.223 e. The first kappa shape index (κ1) is 20.7. The van der Waals surface area contributed by atoms with Crippen molar-refractivity contribution in [1.29, 1.82) is 0 Å². The summed E-state index contributed by atoms with van der Waals surface area (Å²) < 4.78 is 13.0. The van der Waals surface area contributed by atoms with E-state index in [1.807, 2.05) is 68.4 Å². The van der Waals surface area contributed by atoms with Crippen LogP contribution in [0.4, 0.5) is 0 Å². The van der Waals surface area contributed by atoms with Crippen molar-refractivity contribution in [1.82, 2.24) is 14.3 Å². The zero-order valence-corrected chi connectivity index (χ0v) is 17.8. The maximum absolute atomic E-state index is 13.0. The lowest BCUT2D eigenvalue weighted by molar-refractivity contribution is -0.131. The minimum Gasteiger partial charge on any atom is -0.497 e. The van der Waals surface area contributed by atoms with E-state index in [9.17, 15) is 4.79 Å². The molecule has 0 bridgehead atoms. The number of hydrogen-bond acceptors (Lipinski definition) is 4. The molecule has 29 heavy (non-hydrogen) atoms. The normalized spacial score (nSPS) is 12.0. The molecule has 1 amide bonds. The molecule has 1 unspecified atom stereocenters. The molecule has 2 heterocycles. The summed E-state index contributed by atoms with van der Waals surface area (Å²) in [5.74, 6) is 1.34. The van der Waals surface area contributed by atoms with Crippen molar-refractivity contribution < 1.29 is 14.3 Å². The molecule has 6 heteroatoms. The van der Waals surface area contributed by atoms with E-state index in [-0.39, 0.29) is 11.8 Å². The number of amides is 1. The van der Waals surface area contributed by atoms with Gasteiger partial charge in [-0.15, -0.1) is 0 Å².